The quantitative estimate of drug-likeness (QED) is 0.564. The Morgan fingerprint density at radius 1 is 1.09 bits per heavy atom. The van der Waals surface area contributed by atoms with Gasteiger partial charge in [0, 0.05) is 44.0 Å². The second kappa shape index (κ2) is 10.6. The molecule has 0 spiro atoms. The third-order valence-corrected chi connectivity index (χ3v) is 7.00. The zero-order valence-corrected chi connectivity index (χ0v) is 19.9. The van der Waals surface area contributed by atoms with E-state index in [1.807, 2.05) is 11.0 Å². The van der Waals surface area contributed by atoms with Crippen molar-refractivity contribution in [3.8, 4) is 5.75 Å². The van der Waals surface area contributed by atoms with E-state index in [9.17, 15) is 4.79 Å². The fraction of sp³-hybridized carbons (Fsp3) is 0.360. The van der Waals surface area contributed by atoms with Gasteiger partial charge in [-0.15, -0.1) is 12.4 Å². The van der Waals surface area contributed by atoms with Gasteiger partial charge in [-0.05, 0) is 36.5 Å². The van der Waals surface area contributed by atoms with Crippen LogP contribution in [0, 0.1) is 0 Å². The lowest BCUT2D eigenvalue weighted by molar-refractivity contribution is 0.0329. The van der Waals surface area contributed by atoms with E-state index < -0.39 is 0 Å². The van der Waals surface area contributed by atoms with E-state index in [0.29, 0.717) is 41.4 Å². The van der Waals surface area contributed by atoms with Crippen LogP contribution in [0.2, 0.25) is 5.02 Å². The monoisotopic (exact) mass is 486 g/mol. The lowest BCUT2D eigenvalue weighted by Gasteiger charge is -2.46. The molecule has 8 heteroatoms. The summed E-state index contributed by atoms with van der Waals surface area (Å²) in [6.45, 7) is 3.77. The first kappa shape index (κ1) is 23.6. The zero-order valence-electron chi connectivity index (χ0n) is 18.3. The molecule has 5 rings (SSSR count). The standard InChI is InChI=1S/C25H27ClN4O2.ClH/c26-24-22(7-4-8-23(24)32-17-18-13-27-28-14-18)25(31)30-12-11-29-15-20(9-10-21(29)16-30)19-5-2-1-3-6-19;/h1-8,13-14,20-21H,9-12,15-17H2,(H,27,28);1H/t20-,21+;/m0./s1. The number of hydrogen-bond acceptors (Lipinski definition) is 4. The largest absolute Gasteiger partial charge is 0.487 e. The topological polar surface area (TPSA) is 61.5 Å². The third kappa shape index (κ3) is 5.18. The Kier molecular flexibility index (Phi) is 7.58. The molecule has 2 aromatic carbocycles. The van der Waals surface area contributed by atoms with Crippen molar-refractivity contribution in [2.45, 2.75) is 31.4 Å². The van der Waals surface area contributed by atoms with Gasteiger partial charge < -0.3 is 9.64 Å². The van der Waals surface area contributed by atoms with Crippen LogP contribution in [-0.2, 0) is 6.61 Å². The maximum Gasteiger partial charge on any atom is 0.255 e. The average Bonchev–Trinajstić information content (AvgIpc) is 3.37. The number of benzene rings is 2. The number of carbonyl (C=O) groups excluding carboxylic acids is 1. The molecule has 1 N–H and O–H groups in total. The third-order valence-electron chi connectivity index (χ3n) is 6.61. The van der Waals surface area contributed by atoms with E-state index in [4.69, 9.17) is 16.3 Å². The number of piperidine rings is 1. The fourth-order valence-corrected chi connectivity index (χ4v) is 5.09. The molecule has 1 aromatic heterocycles. The number of nitrogens with zero attached hydrogens (tertiary/aromatic N) is 3. The molecule has 2 aliphatic heterocycles. The molecule has 6 nitrogen and oxygen atoms in total. The van der Waals surface area contributed by atoms with Crippen molar-refractivity contribution in [3.63, 3.8) is 0 Å². The summed E-state index contributed by atoms with van der Waals surface area (Å²) in [6.07, 6.45) is 5.74. The number of piperazine rings is 1. The molecule has 2 aliphatic rings. The Morgan fingerprint density at radius 3 is 2.73 bits per heavy atom. The van der Waals surface area contributed by atoms with Gasteiger partial charge in [0.2, 0.25) is 0 Å². The SMILES string of the molecule is Cl.O=C(c1cccc(OCc2cn[nH]c2)c1Cl)N1CCN2C[C@@H](c3ccccc3)CC[C@@H]2C1. The summed E-state index contributed by atoms with van der Waals surface area (Å²) in [5, 5.41) is 7.05. The lowest BCUT2D eigenvalue weighted by atomic mass is 9.86. The molecular formula is C25H28Cl2N4O2. The van der Waals surface area contributed by atoms with Gasteiger partial charge in [-0.2, -0.15) is 5.10 Å². The average molecular weight is 487 g/mol. The molecule has 0 aliphatic carbocycles. The number of nitrogens with one attached hydrogen (secondary N) is 1. The Labute approximate surface area is 205 Å². The number of aromatic nitrogens is 2. The number of rotatable bonds is 5. The summed E-state index contributed by atoms with van der Waals surface area (Å²) in [6, 6.07) is 16.6. The fourth-order valence-electron chi connectivity index (χ4n) is 4.83. The Morgan fingerprint density at radius 2 is 1.94 bits per heavy atom. The minimum Gasteiger partial charge on any atom is -0.487 e. The van der Waals surface area contributed by atoms with Crippen LogP contribution in [0.5, 0.6) is 5.75 Å². The van der Waals surface area contributed by atoms with Gasteiger partial charge in [-0.3, -0.25) is 14.8 Å². The van der Waals surface area contributed by atoms with Crippen molar-refractivity contribution in [3.05, 3.63) is 82.6 Å². The number of aromatic amines is 1. The van der Waals surface area contributed by atoms with E-state index in [0.717, 1.165) is 38.0 Å². The normalized spacial score (nSPS) is 20.6. The van der Waals surface area contributed by atoms with Crippen LogP contribution in [0.25, 0.3) is 0 Å². The van der Waals surface area contributed by atoms with Crippen LogP contribution in [-0.4, -0.2) is 58.1 Å². The molecule has 2 fully saturated rings. The molecule has 0 radical (unpaired) electrons. The number of H-pyrrole nitrogens is 1. The van der Waals surface area contributed by atoms with Crippen molar-refractivity contribution < 1.29 is 9.53 Å². The van der Waals surface area contributed by atoms with E-state index in [1.54, 1.807) is 24.5 Å². The second-order valence-corrected chi connectivity index (χ2v) is 8.98. The molecule has 0 saturated carbocycles. The van der Waals surface area contributed by atoms with E-state index in [-0.39, 0.29) is 18.3 Å². The summed E-state index contributed by atoms with van der Waals surface area (Å²) >= 11 is 6.58. The van der Waals surface area contributed by atoms with E-state index in [1.165, 1.54) is 5.56 Å². The molecule has 0 bridgehead atoms. The van der Waals surface area contributed by atoms with Gasteiger partial charge >= 0.3 is 0 Å². The van der Waals surface area contributed by atoms with Crippen molar-refractivity contribution in [1.29, 1.82) is 0 Å². The van der Waals surface area contributed by atoms with Gasteiger partial charge in [-0.25, -0.2) is 0 Å². The van der Waals surface area contributed by atoms with Crippen LogP contribution < -0.4 is 4.74 Å². The highest BCUT2D eigenvalue weighted by atomic mass is 35.5. The number of amides is 1. The molecule has 2 atom stereocenters. The van der Waals surface area contributed by atoms with Gasteiger partial charge in [0.1, 0.15) is 12.4 Å². The van der Waals surface area contributed by atoms with Gasteiger partial charge in [0.15, 0.2) is 0 Å². The number of carbonyl (C=O) groups is 1. The van der Waals surface area contributed by atoms with Crippen molar-refractivity contribution in [2.75, 3.05) is 26.2 Å². The predicted molar refractivity (Wildman–Crippen MR) is 131 cm³/mol. The van der Waals surface area contributed by atoms with Crippen LogP contribution in [0.4, 0.5) is 0 Å². The number of fused-ring (bicyclic) bond motifs is 1. The molecule has 1 amide bonds. The summed E-state index contributed by atoms with van der Waals surface area (Å²) in [4.78, 5) is 17.8. The highest BCUT2D eigenvalue weighted by Crippen LogP contribution is 2.33. The lowest BCUT2D eigenvalue weighted by Crippen LogP contribution is -2.57. The summed E-state index contributed by atoms with van der Waals surface area (Å²) in [5.41, 5.74) is 2.84. The van der Waals surface area contributed by atoms with Gasteiger partial charge in [0.25, 0.3) is 5.91 Å². The van der Waals surface area contributed by atoms with Crippen LogP contribution in [0.1, 0.15) is 40.2 Å². The molecule has 3 aromatic rings. The first-order valence-electron chi connectivity index (χ1n) is 11.2. The van der Waals surface area contributed by atoms with Crippen molar-refractivity contribution in [1.82, 2.24) is 20.0 Å². The first-order valence-corrected chi connectivity index (χ1v) is 11.5. The number of ether oxygens (including phenoxy) is 1. The minimum atomic E-state index is -0.0198. The highest BCUT2D eigenvalue weighted by Gasteiger charge is 2.35. The molecule has 33 heavy (non-hydrogen) atoms. The Balaban J connectivity index is 0.00000259. The van der Waals surface area contributed by atoms with E-state index in [2.05, 4.69) is 45.4 Å². The number of halogens is 2. The zero-order chi connectivity index (χ0) is 21.9. The van der Waals surface area contributed by atoms with Gasteiger partial charge in [0.05, 0.1) is 16.8 Å². The summed E-state index contributed by atoms with van der Waals surface area (Å²) in [7, 11) is 0. The predicted octanol–water partition coefficient (Wildman–Crippen LogP) is 4.77. The number of hydrogen-bond donors (Lipinski definition) is 1. The molecule has 0 unspecified atom stereocenters. The Hall–Kier alpha value is -2.54. The van der Waals surface area contributed by atoms with E-state index >= 15 is 0 Å². The first-order chi connectivity index (χ1) is 15.7. The molecule has 174 valence electrons. The van der Waals surface area contributed by atoms with Crippen molar-refractivity contribution in [2.24, 2.45) is 0 Å². The molecular weight excluding hydrogens is 459 g/mol. The highest BCUT2D eigenvalue weighted by molar-refractivity contribution is 6.35. The second-order valence-electron chi connectivity index (χ2n) is 8.60. The van der Waals surface area contributed by atoms with Crippen LogP contribution in [0.3, 0.4) is 0 Å². The van der Waals surface area contributed by atoms with Gasteiger partial charge in [-0.1, -0.05) is 48.0 Å². The maximum atomic E-state index is 13.3. The van der Waals surface area contributed by atoms with Crippen molar-refractivity contribution >= 4 is 29.9 Å². The van der Waals surface area contributed by atoms with Crippen LogP contribution in [0.15, 0.2) is 60.9 Å². The Bertz CT molecular complexity index is 1060. The summed E-state index contributed by atoms with van der Waals surface area (Å²) < 4.78 is 5.83. The molecule has 3 heterocycles. The smallest absolute Gasteiger partial charge is 0.255 e. The van der Waals surface area contributed by atoms with Crippen LogP contribution >= 0.6 is 24.0 Å². The minimum absolute atomic E-state index is 0. The maximum absolute atomic E-state index is 13.3. The summed E-state index contributed by atoms with van der Waals surface area (Å²) in [5.74, 6) is 1.07. The molecule has 2 saturated heterocycles.